The Labute approximate surface area is 125 Å². The Hall–Kier alpha value is -1.62. The molecule has 3 heterocycles. The summed E-state index contributed by atoms with van der Waals surface area (Å²) in [5, 5.41) is 0. The molecule has 0 saturated carbocycles. The molecular weight excluding hydrogens is 266 g/mol. The summed E-state index contributed by atoms with van der Waals surface area (Å²) in [5.74, 6) is 0.0527. The highest BCUT2D eigenvalue weighted by Gasteiger charge is 2.49. The molecule has 0 radical (unpaired) electrons. The Morgan fingerprint density at radius 2 is 2.05 bits per heavy atom. The normalized spacial score (nSPS) is 21.0. The van der Waals surface area contributed by atoms with Gasteiger partial charge in [0.05, 0.1) is 0 Å². The van der Waals surface area contributed by atoms with Gasteiger partial charge >= 0.3 is 0 Å². The Bertz CT molecular complexity index is 587. The zero-order chi connectivity index (χ0) is 15.0. The summed E-state index contributed by atoms with van der Waals surface area (Å²) in [4.78, 5) is 28.3. The second-order valence-corrected chi connectivity index (χ2v) is 6.73. The third-order valence-electron chi connectivity index (χ3n) is 4.81. The summed E-state index contributed by atoms with van der Waals surface area (Å²) in [6.07, 6.45) is 2.85. The molecule has 3 rings (SSSR count). The first-order chi connectivity index (χ1) is 9.99. The van der Waals surface area contributed by atoms with Gasteiger partial charge in [0.15, 0.2) is 0 Å². The van der Waals surface area contributed by atoms with Crippen molar-refractivity contribution in [1.29, 1.82) is 0 Å². The average molecular weight is 289 g/mol. The van der Waals surface area contributed by atoms with E-state index in [0.717, 1.165) is 26.2 Å². The van der Waals surface area contributed by atoms with Crippen LogP contribution in [-0.2, 0) is 11.3 Å². The van der Waals surface area contributed by atoms with Crippen LogP contribution in [0.2, 0.25) is 0 Å². The maximum atomic E-state index is 12.3. The fourth-order valence-corrected chi connectivity index (χ4v) is 3.45. The highest BCUT2D eigenvalue weighted by atomic mass is 16.2. The molecule has 0 aliphatic carbocycles. The smallest absolute Gasteiger partial charge is 0.250 e. The topological polar surface area (TPSA) is 45.5 Å². The molecule has 2 aliphatic heterocycles. The molecule has 0 N–H and O–H groups in total. The number of pyridine rings is 1. The highest BCUT2D eigenvalue weighted by Crippen LogP contribution is 2.40. The average Bonchev–Trinajstić information content (AvgIpc) is 2.85. The number of nitrogens with zero attached hydrogens (tertiary/aromatic N) is 3. The van der Waals surface area contributed by atoms with Crippen LogP contribution >= 0.6 is 0 Å². The van der Waals surface area contributed by atoms with Crippen molar-refractivity contribution in [3.05, 3.63) is 34.7 Å². The van der Waals surface area contributed by atoms with Crippen LogP contribution in [-0.4, -0.2) is 52.5 Å². The number of hydrogen-bond acceptors (Lipinski definition) is 3. The highest BCUT2D eigenvalue weighted by molar-refractivity contribution is 5.77. The molecule has 2 fully saturated rings. The van der Waals surface area contributed by atoms with Gasteiger partial charge in [-0.2, -0.15) is 0 Å². The first-order valence-corrected chi connectivity index (χ1v) is 7.66. The van der Waals surface area contributed by atoms with E-state index in [1.165, 1.54) is 17.1 Å². The minimum atomic E-state index is -0.118. The number of amides is 1. The summed E-state index contributed by atoms with van der Waals surface area (Å²) in [6, 6.07) is 5.55. The van der Waals surface area contributed by atoms with Crippen LogP contribution in [0, 0.1) is 5.41 Å². The molecule has 1 aromatic heterocycles. The summed E-state index contributed by atoms with van der Waals surface area (Å²) in [6.45, 7) is 8.53. The monoisotopic (exact) mass is 289 g/mol. The van der Waals surface area contributed by atoms with Crippen molar-refractivity contribution in [2.24, 2.45) is 5.41 Å². The maximum absolute atomic E-state index is 12.3. The van der Waals surface area contributed by atoms with Gasteiger partial charge in [-0.15, -0.1) is 0 Å². The van der Waals surface area contributed by atoms with Crippen molar-refractivity contribution in [2.45, 2.75) is 32.9 Å². The van der Waals surface area contributed by atoms with Gasteiger partial charge in [-0.25, -0.2) is 0 Å². The molecule has 0 atom stereocenters. The first kappa shape index (κ1) is 14.3. The van der Waals surface area contributed by atoms with Crippen molar-refractivity contribution in [3.63, 3.8) is 0 Å². The van der Waals surface area contributed by atoms with Crippen LogP contribution in [0.1, 0.15) is 20.3 Å². The summed E-state index contributed by atoms with van der Waals surface area (Å²) in [5.41, 5.74) is 0.189. The number of likely N-dealkylation sites (tertiary alicyclic amines) is 2. The van der Waals surface area contributed by atoms with E-state index in [9.17, 15) is 9.59 Å². The van der Waals surface area contributed by atoms with E-state index >= 15 is 0 Å². The van der Waals surface area contributed by atoms with Crippen molar-refractivity contribution in [3.8, 4) is 0 Å². The van der Waals surface area contributed by atoms with E-state index < -0.39 is 0 Å². The minimum absolute atomic E-state index is 0.0527. The van der Waals surface area contributed by atoms with Crippen LogP contribution < -0.4 is 5.56 Å². The van der Waals surface area contributed by atoms with E-state index in [2.05, 4.69) is 18.7 Å². The minimum Gasteiger partial charge on any atom is -0.340 e. The molecule has 2 aliphatic rings. The van der Waals surface area contributed by atoms with Crippen LogP contribution in [0.5, 0.6) is 0 Å². The third kappa shape index (κ3) is 2.75. The standard InChI is InChI=1S/C16H23N3O2/c1-13(2)18-8-6-16(10-18)11-19(12-16)15(21)9-17-7-4-3-5-14(17)20/h3-5,7,13H,6,8-12H2,1-2H3. The van der Waals surface area contributed by atoms with Gasteiger partial charge in [-0.1, -0.05) is 6.07 Å². The zero-order valence-electron chi connectivity index (χ0n) is 12.8. The second kappa shape index (κ2) is 5.30. The second-order valence-electron chi connectivity index (χ2n) is 6.73. The van der Waals surface area contributed by atoms with Gasteiger partial charge in [-0.05, 0) is 32.9 Å². The lowest BCUT2D eigenvalue weighted by atomic mass is 9.79. The van der Waals surface area contributed by atoms with Crippen molar-refractivity contribution in [1.82, 2.24) is 14.4 Å². The fourth-order valence-electron chi connectivity index (χ4n) is 3.45. The lowest BCUT2D eigenvalue weighted by Gasteiger charge is -2.48. The Balaban J connectivity index is 1.56. The Morgan fingerprint density at radius 1 is 1.29 bits per heavy atom. The summed E-state index contributed by atoms with van der Waals surface area (Å²) < 4.78 is 1.47. The number of aromatic nitrogens is 1. The Kier molecular flexibility index (Phi) is 3.61. The molecule has 5 heteroatoms. The predicted molar refractivity (Wildman–Crippen MR) is 81.0 cm³/mol. The molecule has 5 nitrogen and oxygen atoms in total. The number of carbonyl (C=O) groups excluding carboxylic acids is 1. The summed E-state index contributed by atoms with van der Waals surface area (Å²) >= 11 is 0. The van der Waals surface area contributed by atoms with Gasteiger partial charge in [0, 0.05) is 43.4 Å². The van der Waals surface area contributed by atoms with Gasteiger partial charge in [0.1, 0.15) is 6.54 Å². The van der Waals surface area contributed by atoms with E-state index in [4.69, 9.17) is 0 Å². The number of carbonyl (C=O) groups is 1. The van der Waals surface area contributed by atoms with Crippen molar-refractivity contribution in [2.75, 3.05) is 26.2 Å². The SMILES string of the molecule is CC(C)N1CCC2(CN(C(=O)Cn3ccccc3=O)C2)C1. The van der Waals surface area contributed by atoms with Crippen molar-refractivity contribution >= 4 is 5.91 Å². The molecule has 0 bridgehead atoms. The summed E-state index contributed by atoms with van der Waals surface area (Å²) in [7, 11) is 0. The van der Waals surface area contributed by atoms with Crippen LogP contribution in [0.15, 0.2) is 29.2 Å². The molecule has 1 aromatic rings. The molecular formula is C16H23N3O2. The third-order valence-corrected chi connectivity index (χ3v) is 4.81. The lowest BCUT2D eigenvalue weighted by molar-refractivity contribution is -0.143. The quantitative estimate of drug-likeness (QED) is 0.826. The zero-order valence-corrected chi connectivity index (χ0v) is 12.8. The molecule has 1 amide bonds. The molecule has 114 valence electrons. The molecule has 1 spiro atoms. The van der Waals surface area contributed by atoms with E-state index in [0.29, 0.717) is 11.5 Å². The predicted octanol–water partition coefficient (Wildman–Crippen LogP) is 0.791. The fraction of sp³-hybridized carbons (Fsp3) is 0.625. The Morgan fingerprint density at radius 3 is 2.67 bits per heavy atom. The number of hydrogen-bond donors (Lipinski definition) is 0. The van der Waals surface area contributed by atoms with E-state index in [-0.39, 0.29) is 18.0 Å². The van der Waals surface area contributed by atoms with Crippen LogP contribution in [0.4, 0.5) is 0 Å². The number of rotatable bonds is 3. The lowest BCUT2D eigenvalue weighted by Crippen LogP contribution is -2.60. The molecule has 0 unspecified atom stereocenters. The van der Waals surface area contributed by atoms with Crippen LogP contribution in [0.3, 0.4) is 0 Å². The van der Waals surface area contributed by atoms with Gasteiger partial charge in [0.25, 0.3) is 5.56 Å². The maximum Gasteiger partial charge on any atom is 0.250 e. The van der Waals surface area contributed by atoms with Crippen molar-refractivity contribution < 1.29 is 4.79 Å². The van der Waals surface area contributed by atoms with Gasteiger partial charge in [0.2, 0.25) is 5.91 Å². The first-order valence-electron chi connectivity index (χ1n) is 7.66. The van der Waals surface area contributed by atoms with Gasteiger partial charge in [-0.3, -0.25) is 9.59 Å². The molecule has 2 saturated heterocycles. The van der Waals surface area contributed by atoms with Gasteiger partial charge < -0.3 is 14.4 Å². The van der Waals surface area contributed by atoms with E-state index in [1.54, 1.807) is 18.3 Å². The molecule has 0 aromatic carbocycles. The molecule has 21 heavy (non-hydrogen) atoms. The van der Waals surface area contributed by atoms with Crippen LogP contribution in [0.25, 0.3) is 0 Å². The largest absolute Gasteiger partial charge is 0.340 e. The van der Waals surface area contributed by atoms with E-state index in [1.807, 2.05) is 4.90 Å².